The Morgan fingerprint density at radius 1 is 1.14 bits per heavy atom. The first-order valence-corrected chi connectivity index (χ1v) is 9.81. The number of ether oxygens (including phenoxy) is 1. The first-order chi connectivity index (χ1) is 13.0. The van der Waals surface area contributed by atoms with Gasteiger partial charge in [0.15, 0.2) is 5.78 Å². The molecule has 0 aliphatic carbocycles. The molecule has 0 aliphatic rings. The number of halogens is 1. The fraction of sp³-hybridized carbons (Fsp3) is 0.391. The van der Waals surface area contributed by atoms with Gasteiger partial charge in [0, 0.05) is 32.9 Å². The average Bonchev–Trinajstić information content (AvgIpc) is 2.86. The summed E-state index contributed by atoms with van der Waals surface area (Å²) in [5.74, 6) is -0.0423. The molecular weight excluding hydrogens is 372 g/mol. The van der Waals surface area contributed by atoms with Crippen molar-refractivity contribution in [2.75, 3.05) is 0 Å². The molecule has 0 aliphatic heterocycles. The van der Waals surface area contributed by atoms with Gasteiger partial charge in [-0.05, 0) is 71.7 Å². The molecule has 1 atom stereocenters. The zero-order chi connectivity index (χ0) is 20.8. The third-order valence-corrected chi connectivity index (χ3v) is 5.16. The molecule has 3 rings (SSSR count). The number of rotatable bonds is 4. The molecule has 4 nitrogen and oxygen atoms in total. The van der Waals surface area contributed by atoms with E-state index in [4.69, 9.17) is 21.3 Å². The van der Waals surface area contributed by atoms with Crippen LogP contribution in [-0.2, 0) is 9.53 Å². The summed E-state index contributed by atoms with van der Waals surface area (Å²) in [6.07, 6.45) is -0.697. The lowest BCUT2D eigenvalue weighted by Crippen LogP contribution is -2.27. The van der Waals surface area contributed by atoms with E-state index in [1.807, 2.05) is 58.9 Å². The number of H-pyrrole nitrogens is 1. The van der Waals surface area contributed by atoms with Crippen LogP contribution in [0.3, 0.4) is 0 Å². The molecule has 0 saturated heterocycles. The van der Waals surface area contributed by atoms with E-state index >= 15 is 0 Å². The normalized spacial score (nSPS) is 13.1. The third-order valence-electron chi connectivity index (χ3n) is 4.90. The number of nitrogens with one attached hydrogen (secondary N) is 1. The number of hydrogen-bond acceptors (Lipinski definition) is 3. The van der Waals surface area contributed by atoms with Crippen molar-refractivity contribution in [1.82, 2.24) is 9.97 Å². The van der Waals surface area contributed by atoms with Crippen LogP contribution in [0.2, 0.25) is 5.02 Å². The SMILES string of the molecule is CC(=O)C(OC(C)(C)C)c1c(C)nc2[nH]c(C)c(C)c2c1-c1ccc(Cl)cc1. The lowest BCUT2D eigenvalue weighted by atomic mass is 9.90. The topological polar surface area (TPSA) is 55.0 Å². The van der Waals surface area contributed by atoms with Crippen molar-refractivity contribution < 1.29 is 9.53 Å². The van der Waals surface area contributed by atoms with Gasteiger partial charge in [0.25, 0.3) is 0 Å². The van der Waals surface area contributed by atoms with Crippen molar-refractivity contribution in [3.8, 4) is 11.1 Å². The molecule has 2 aromatic heterocycles. The summed E-state index contributed by atoms with van der Waals surface area (Å²) >= 11 is 6.13. The molecule has 5 heteroatoms. The maximum atomic E-state index is 12.7. The van der Waals surface area contributed by atoms with E-state index in [1.165, 1.54) is 0 Å². The van der Waals surface area contributed by atoms with Crippen LogP contribution in [0.15, 0.2) is 24.3 Å². The van der Waals surface area contributed by atoms with E-state index in [1.54, 1.807) is 6.92 Å². The third kappa shape index (κ3) is 3.85. The standard InChI is InChI=1S/C23H27ClN2O2/c1-12-13(2)25-22-18(12)20(16-8-10-17(24)11-9-16)19(14(3)26-22)21(15(4)27)28-23(5,6)7/h8-11,21H,1-7H3,(H,25,26). The van der Waals surface area contributed by atoms with Crippen molar-refractivity contribution in [3.05, 3.63) is 51.8 Å². The quantitative estimate of drug-likeness (QED) is 0.564. The van der Waals surface area contributed by atoms with Crippen LogP contribution in [0.1, 0.15) is 56.3 Å². The summed E-state index contributed by atoms with van der Waals surface area (Å²) in [5, 5.41) is 1.69. The molecule has 3 aromatic rings. The Hall–Kier alpha value is -2.17. The monoisotopic (exact) mass is 398 g/mol. The van der Waals surface area contributed by atoms with Crippen LogP contribution >= 0.6 is 11.6 Å². The van der Waals surface area contributed by atoms with Gasteiger partial charge in [-0.2, -0.15) is 0 Å². The molecule has 1 unspecified atom stereocenters. The first kappa shape index (κ1) is 20.6. The maximum absolute atomic E-state index is 12.7. The number of carbonyl (C=O) groups excluding carboxylic acids is 1. The van der Waals surface area contributed by atoms with Crippen LogP contribution in [-0.4, -0.2) is 21.4 Å². The summed E-state index contributed by atoms with van der Waals surface area (Å²) in [6.45, 7) is 13.5. The molecule has 0 spiro atoms. The van der Waals surface area contributed by atoms with Gasteiger partial charge in [0.1, 0.15) is 11.8 Å². The lowest BCUT2D eigenvalue weighted by Gasteiger charge is -2.29. The van der Waals surface area contributed by atoms with Crippen LogP contribution in [0, 0.1) is 20.8 Å². The number of nitrogens with zero attached hydrogens (tertiary/aromatic N) is 1. The number of ketones is 1. The van der Waals surface area contributed by atoms with E-state index in [0.29, 0.717) is 5.02 Å². The molecular formula is C23H27ClN2O2. The number of Topliss-reactive ketones (excluding diaryl/α,β-unsaturated/α-hetero) is 1. The number of carbonyl (C=O) groups is 1. The number of fused-ring (bicyclic) bond motifs is 1. The highest BCUT2D eigenvalue weighted by Gasteiger charge is 2.31. The van der Waals surface area contributed by atoms with Crippen molar-refractivity contribution in [3.63, 3.8) is 0 Å². The maximum Gasteiger partial charge on any atom is 0.163 e. The summed E-state index contributed by atoms with van der Waals surface area (Å²) in [5.41, 5.74) is 6.09. The number of aromatic nitrogens is 2. The summed E-state index contributed by atoms with van der Waals surface area (Å²) in [6, 6.07) is 7.70. The summed E-state index contributed by atoms with van der Waals surface area (Å²) in [7, 11) is 0. The largest absolute Gasteiger partial charge is 0.360 e. The Kier molecular flexibility index (Phi) is 5.39. The Labute approximate surface area is 171 Å². The van der Waals surface area contributed by atoms with Gasteiger partial charge in [-0.3, -0.25) is 4.79 Å². The predicted molar refractivity (Wildman–Crippen MR) is 115 cm³/mol. The number of benzene rings is 1. The van der Waals surface area contributed by atoms with Gasteiger partial charge >= 0.3 is 0 Å². The van der Waals surface area contributed by atoms with E-state index in [0.717, 1.165) is 44.7 Å². The molecule has 28 heavy (non-hydrogen) atoms. The molecule has 0 bridgehead atoms. The molecule has 148 valence electrons. The highest BCUT2D eigenvalue weighted by atomic mass is 35.5. The van der Waals surface area contributed by atoms with E-state index in [-0.39, 0.29) is 5.78 Å². The number of aryl methyl sites for hydroxylation is 3. The molecule has 0 fully saturated rings. The summed E-state index contributed by atoms with van der Waals surface area (Å²) in [4.78, 5) is 20.8. The minimum atomic E-state index is -0.697. The van der Waals surface area contributed by atoms with Crippen molar-refractivity contribution >= 4 is 28.4 Å². The van der Waals surface area contributed by atoms with E-state index < -0.39 is 11.7 Å². The second-order valence-corrected chi connectivity index (χ2v) is 8.75. The fourth-order valence-corrected chi connectivity index (χ4v) is 3.69. The Morgan fingerprint density at radius 3 is 2.29 bits per heavy atom. The van der Waals surface area contributed by atoms with Crippen molar-refractivity contribution in [2.45, 2.75) is 60.2 Å². The average molecular weight is 399 g/mol. The fourth-order valence-electron chi connectivity index (χ4n) is 3.57. The van der Waals surface area contributed by atoms with Gasteiger partial charge in [0.05, 0.1) is 5.60 Å². The Balaban J connectivity index is 2.42. The van der Waals surface area contributed by atoms with Crippen LogP contribution in [0.5, 0.6) is 0 Å². The van der Waals surface area contributed by atoms with Gasteiger partial charge in [-0.1, -0.05) is 23.7 Å². The Morgan fingerprint density at radius 2 is 1.75 bits per heavy atom. The first-order valence-electron chi connectivity index (χ1n) is 9.43. The second kappa shape index (κ2) is 7.34. The second-order valence-electron chi connectivity index (χ2n) is 8.31. The minimum absolute atomic E-state index is 0.0423. The molecule has 1 N–H and O–H groups in total. The molecule has 2 heterocycles. The number of hydrogen-bond donors (Lipinski definition) is 1. The van der Waals surface area contributed by atoms with Gasteiger partial charge < -0.3 is 9.72 Å². The molecule has 1 aromatic carbocycles. The lowest BCUT2D eigenvalue weighted by molar-refractivity contribution is -0.138. The zero-order valence-corrected chi connectivity index (χ0v) is 18.3. The van der Waals surface area contributed by atoms with Crippen LogP contribution in [0.25, 0.3) is 22.2 Å². The minimum Gasteiger partial charge on any atom is -0.360 e. The molecule has 0 saturated carbocycles. The van der Waals surface area contributed by atoms with E-state index in [9.17, 15) is 4.79 Å². The molecule has 0 amide bonds. The van der Waals surface area contributed by atoms with Crippen molar-refractivity contribution in [2.24, 2.45) is 0 Å². The zero-order valence-electron chi connectivity index (χ0n) is 17.5. The highest BCUT2D eigenvalue weighted by Crippen LogP contribution is 2.41. The van der Waals surface area contributed by atoms with Crippen molar-refractivity contribution in [1.29, 1.82) is 0 Å². The molecule has 0 radical (unpaired) electrons. The summed E-state index contributed by atoms with van der Waals surface area (Å²) < 4.78 is 6.22. The Bertz CT molecular complexity index is 1040. The van der Waals surface area contributed by atoms with Gasteiger partial charge in [-0.25, -0.2) is 4.98 Å². The van der Waals surface area contributed by atoms with Gasteiger partial charge in [0.2, 0.25) is 0 Å². The predicted octanol–water partition coefficient (Wildman–Crippen LogP) is 6.25. The smallest absolute Gasteiger partial charge is 0.163 e. The van der Waals surface area contributed by atoms with Crippen LogP contribution < -0.4 is 0 Å². The highest BCUT2D eigenvalue weighted by molar-refractivity contribution is 6.30. The number of pyridine rings is 1. The van der Waals surface area contributed by atoms with E-state index in [2.05, 4.69) is 11.9 Å². The number of aromatic amines is 1. The van der Waals surface area contributed by atoms with Gasteiger partial charge in [-0.15, -0.1) is 0 Å². The van der Waals surface area contributed by atoms with Crippen LogP contribution in [0.4, 0.5) is 0 Å².